The number of rotatable bonds is 7. The number of nitrogens with zero attached hydrogens (tertiary/aromatic N) is 2. The first-order valence-electron chi connectivity index (χ1n) is 9.04. The third kappa shape index (κ3) is 9.35. The number of carbonyl (C=O) groups excluding carboxylic acids is 1. The van der Waals surface area contributed by atoms with Crippen LogP contribution in [0.25, 0.3) is 0 Å². The van der Waals surface area contributed by atoms with Crippen molar-refractivity contribution in [1.29, 1.82) is 0 Å². The lowest BCUT2D eigenvalue weighted by atomic mass is 10.0. The quantitative estimate of drug-likeness (QED) is 0.639. The fourth-order valence-corrected chi connectivity index (χ4v) is 2.97. The maximum atomic E-state index is 11.9. The number of nitrogens with two attached hydrogens (primary N) is 1. The Bertz CT molecular complexity index is 537. The molecule has 1 aromatic rings. The third-order valence-electron chi connectivity index (χ3n) is 4.89. The van der Waals surface area contributed by atoms with Crippen molar-refractivity contribution in [3.05, 3.63) is 29.8 Å². The number of piperazine rings is 1. The second-order valence-corrected chi connectivity index (χ2v) is 6.96. The summed E-state index contributed by atoms with van der Waals surface area (Å²) in [5.74, 6) is -0.0582. The van der Waals surface area contributed by atoms with Gasteiger partial charge in [-0.05, 0) is 44.5 Å². The Kier molecular flexibility index (Phi) is 15.1. The van der Waals surface area contributed by atoms with E-state index in [1.807, 2.05) is 13.8 Å². The van der Waals surface area contributed by atoms with Crippen LogP contribution in [-0.4, -0.2) is 56.1 Å². The number of anilines is 1. The molecule has 2 unspecified atom stereocenters. The standard InChI is InChI=1S/C19H32N4O.3ClH/c1-15-6-4-7-18(14-15)23-12-10-22(11-13-23)9-5-8-21-19(24)16(2)17(3)20;;;/h4,6-7,14,16-17H,5,8-13,20H2,1-3H3,(H,21,24);3*1H. The number of aryl methyl sites for hydroxylation is 1. The molecule has 0 saturated carbocycles. The number of benzene rings is 1. The number of nitrogens with one attached hydrogen (secondary N) is 1. The molecule has 5 nitrogen and oxygen atoms in total. The molecule has 1 aromatic carbocycles. The van der Waals surface area contributed by atoms with Gasteiger partial charge in [-0.2, -0.15) is 0 Å². The Morgan fingerprint density at radius 1 is 1.15 bits per heavy atom. The minimum absolute atomic E-state index is 0. The van der Waals surface area contributed by atoms with Gasteiger partial charge in [-0.3, -0.25) is 9.69 Å². The molecule has 1 heterocycles. The van der Waals surface area contributed by atoms with Crippen LogP contribution in [0.2, 0.25) is 0 Å². The van der Waals surface area contributed by atoms with Crippen LogP contribution >= 0.6 is 37.2 Å². The van der Waals surface area contributed by atoms with Gasteiger partial charge in [-0.25, -0.2) is 0 Å². The Balaban J connectivity index is 0. The first kappa shape index (κ1) is 28.5. The maximum Gasteiger partial charge on any atom is 0.224 e. The Morgan fingerprint density at radius 3 is 2.33 bits per heavy atom. The van der Waals surface area contributed by atoms with E-state index in [1.54, 1.807) is 0 Å². The van der Waals surface area contributed by atoms with Gasteiger partial charge in [0.1, 0.15) is 0 Å². The molecular weight excluding hydrogens is 407 g/mol. The average Bonchev–Trinajstić information content (AvgIpc) is 2.58. The van der Waals surface area contributed by atoms with Gasteiger partial charge >= 0.3 is 0 Å². The number of halogens is 3. The highest BCUT2D eigenvalue weighted by Gasteiger charge is 2.18. The molecule has 1 fully saturated rings. The summed E-state index contributed by atoms with van der Waals surface area (Å²) in [5, 5.41) is 2.99. The highest BCUT2D eigenvalue weighted by atomic mass is 35.5. The summed E-state index contributed by atoms with van der Waals surface area (Å²) in [7, 11) is 0. The SMILES string of the molecule is Cc1cccc(N2CCN(CCCNC(=O)C(C)C(C)N)CC2)c1.Cl.Cl.Cl. The van der Waals surface area contributed by atoms with Crippen molar-refractivity contribution in [3.63, 3.8) is 0 Å². The molecule has 0 spiro atoms. The summed E-state index contributed by atoms with van der Waals surface area (Å²) >= 11 is 0. The van der Waals surface area contributed by atoms with Gasteiger partial charge in [-0.1, -0.05) is 19.1 Å². The van der Waals surface area contributed by atoms with Crippen LogP contribution in [0.3, 0.4) is 0 Å². The molecule has 27 heavy (non-hydrogen) atoms. The van der Waals surface area contributed by atoms with Crippen molar-refractivity contribution in [3.8, 4) is 0 Å². The van der Waals surface area contributed by atoms with Crippen molar-refractivity contribution < 1.29 is 4.79 Å². The lowest BCUT2D eigenvalue weighted by molar-refractivity contribution is -0.124. The third-order valence-corrected chi connectivity index (χ3v) is 4.89. The number of hydrogen-bond acceptors (Lipinski definition) is 4. The molecule has 0 aliphatic carbocycles. The molecular formula is C19H35Cl3N4O. The Morgan fingerprint density at radius 2 is 1.78 bits per heavy atom. The molecule has 2 rings (SSSR count). The summed E-state index contributed by atoms with van der Waals surface area (Å²) in [6, 6.07) is 8.62. The highest BCUT2D eigenvalue weighted by Crippen LogP contribution is 2.17. The van der Waals surface area contributed by atoms with Crippen LogP contribution < -0.4 is 16.0 Å². The summed E-state index contributed by atoms with van der Waals surface area (Å²) < 4.78 is 0. The minimum Gasteiger partial charge on any atom is -0.369 e. The van der Waals surface area contributed by atoms with E-state index in [0.29, 0.717) is 0 Å². The van der Waals surface area contributed by atoms with Crippen molar-refractivity contribution >= 4 is 48.8 Å². The van der Waals surface area contributed by atoms with Gasteiger partial charge in [0.2, 0.25) is 5.91 Å². The van der Waals surface area contributed by atoms with E-state index in [9.17, 15) is 4.79 Å². The largest absolute Gasteiger partial charge is 0.369 e. The van der Waals surface area contributed by atoms with Gasteiger partial charge in [-0.15, -0.1) is 37.2 Å². The highest BCUT2D eigenvalue weighted by molar-refractivity contribution is 5.86. The smallest absolute Gasteiger partial charge is 0.224 e. The average molecular weight is 442 g/mol. The zero-order valence-electron chi connectivity index (χ0n) is 16.5. The normalized spacial score (nSPS) is 16.2. The first-order valence-corrected chi connectivity index (χ1v) is 9.04. The van der Waals surface area contributed by atoms with Crippen LogP contribution in [0.1, 0.15) is 25.8 Å². The van der Waals surface area contributed by atoms with Crippen LogP contribution in [0.5, 0.6) is 0 Å². The maximum absolute atomic E-state index is 11.9. The molecule has 1 amide bonds. The molecule has 1 aliphatic heterocycles. The summed E-state index contributed by atoms with van der Waals surface area (Å²) in [6.45, 7) is 12.0. The predicted molar refractivity (Wildman–Crippen MR) is 122 cm³/mol. The topological polar surface area (TPSA) is 61.6 Å². The predicted octanol–water partition coefficient (Wildman–Crippen LogP) is 2.87. The molecule has 0 radical (unpaired) electrons. The lowest BCUT2D eigenvalue weighted by Gasteiger charge is -2.36. The molecule has 1 saturated heterocycles. The number of hydrogen-bond donors (Lipinski definition) is 2. The van der Waals surface area contributed by atoms with E-state index in [-0.39, 0.29) is 55.1 Å². The van der Waals surface area contributed by atoms with Crippen molar-refractivity contribution in [1.82, 2.24) is 10.2 Å². The van der Waals surface area contributed by atoms with Gasteiger partial charge < -0.3 is 16.0 Å². The molecule has 2 atom stereocenters. The fourth-order valence-electron chi connectivity index (χ4n) is 2.97. The van der Waals surface area contributed by atoms with E-state index in [0.717, 1.165) is 45.7 Å². The second kappa shape index (κ2) is 14.3. The van der Waals surface area contributed by atoms with Gasteiger partial charge in [0.25, 0.3) is 0 Å². The summed E-state index contributed by atoms with van der Waals surface area (Å²) in [6.07, 6.45) is 0.988. The van der Waals surface area contributed by atoms with Crippen LogP contribution in [-0.2, 0) is 4.79 Å². The summed E-state index contributed by atoms with van der Waals surface area (Å²) in [5.41, 5.74) is 8.39. The van der Waals surface area contributed by atoms with Gasteiger partial charge in [0.05, 0.1) is 0 Å². The molecule has 3 N–H and O–H groups in total. The monoisotopic (exact) mass is 440 g/mol. The molecule has 8 heteroatoms. The van der Waals surface area contributed by atoms with Gasteiger partial charge in [0, 0.05) is 50.4 Å². The van der Waals surface area contributed by atoms with Crippen molar-refractivity contribution in [2.75, 3.05) is 44.2 Å². The number of carbonyl (C=O) groups is 1. The van der Waals surface area contributed by atoms with Crippen molar-refractivity contribution in [2.45, 2.75) is 33.2 Å². The second-order valence-electron chi connectivity index (χ2n) is 6.96. The van der Waals surface area contributed by atoms with Crippen molar-refractivity contribution in [2.24, 2.45) is 11.7 Å². The summed E-state index contributed by atoms with van der Waals surface area (Å²) in [4.78, 5) is 16.8. The van der Waals surface area contributed by atoms with Crippen LogP contribution in [0.15, 0.2) is 24.3 Å². The molecule has 1 aliphatic rings. The van der Waals surface area contributed by atoms with E-state index in [1.165, 1.54) is 11.3 Å². The van der Waals surface area contributed by atoms with Crippen LogP contribution in [0.4, 0.5) is 5.69 Å². The van der Waals surface area contributed by atoms with Crippen LogP contribution in [0, 0.1) is 12.8 Å². The lowest BCUT2D eigenvalue weighted by Crippen LogP contribution is -2.47. The van der Waals surface area contributed by atoms with E-state index in [2.05, 4.69) is 46.3 Å². The fraction of sp³-hybridized carbons (Fsp3) is 0.632. The zero-order valence-corrected chi connectivity index (χ0v) is 19.0. The van der Waals surface area contributed by atoms with E-state index >= 15 is 0 Å². The number of amides is 1. The first-order chi connectivity index (χ1) is 11.5. The molecule has 158 valence electrons. The molecule has 0 aromatic heterocycles. The minimum atomic E-state index is -0.122. The van der Waals surface area contributed by atoms with E-state index in [4.69, 9.17) is 5.73 Å². The zero-order chi connectivity index (χ0) is 17.5. The Labute approximate surface area is 182 Å². The molecule has 0 bridgehead atoms. The van der Waals surface area contributed by atoms with Gasteiger partial charge in [0.15, 0.2) is 0 Å². The Hall–Kier alpha value is -0.720. The van der Waals surface area contributed by atoms with E-state index < -0.39 is 0 Å².